The van der Waals surface area contributed by atoms with Gasteiger partial charge >= 0.3 is 0 Å². The highest BCUT2D eigenvalue weighted by Crippen LogP contribution is 2.39. The van der Waals surface area contributed by atoms with E-state index in [9.17, 15) is 0 Å². The smallest absolute Gasteiger partial charge is 0.166 e. The van der Waals surface area contributed by atoms with Gasteiger partial charge in [0.05, 0.1) is 16.7 Å². The lowest BCUT2D eigenvalue weighted by atomic mass is 10.0. The molecule has 0 aliphatic rings. The van der Waals surface area contributed by atoms with Crippen LogP contribution in [0.3, 0.4) is 0 Å². The maximum atomic E-state index is 5.27. The highest BCUT2D eigenvalue weighted by atomic mass is 32.1. The molecule has 11 aromatic rings. The molecular formula is C51H32N4S. The number of aromatic nitrogens is 4. The van der Waals surface area contributed by atoms with Crippen molar-refractivity contribution < 1.29 is 0 Å². The first kappa shape index (κ1) is 32.2. The van der Waals surface area contributed by atoms with Crippen molar-refractivity contribution in [3.8, 4) is 62.1 Å². The molecule has 0 bridgehead atoms. The van der Waals surface area contributed by atoms with E-state index < -0.39 is 0 Å². The lowest BCUT2D eigenvalue weighted by Crippen LogP contribution is -2.04. The molecular weight excluding hydrogens is 701 g/mol. The monoisotopic (exact) mass is 732 g/mol. The average Bonchev–Trinajstić information content (AvgIpc) is 3.82. The zero-order valence-electron chi connectivity index (χ0n) is 30.2. The summed E-state index contributed by atoms with van der Waals surface area (Å²) in [6, 6.07) is 68.6. The summed E-state index contributed by atoms with van der Waals surface area (Å²) >= 11 is 1.84. The third-order valence-corrected chi connectivity index (χ3v) is 11.8. The van der Waals surface area contributed by atoms with Gasteiger partial charge < -0.3 is 4.57 Å². The molecule has 0 aliphatic carbocycles. The minimum absolute atomic E-state index is 0.615. The Morgan fingerprint density at radius 2 is 0.786 bits per heavy atom. The fraction of sp³-hybridized carbons (Fsp3) is 0. The van der Waals surface area contributed by atoms with E-state index in [2.05, 4.69) is 180 Å². The Labute approximate surface area is 327 Å². The number of fused-ring (bicyclic) bond motifs is 6. The van der Waals surface area contributed by atoms with Gasteiger partial charge in [0.25, 0.3) is 0 Å². The fourth-order valence-corrected chi connectivity index (χ4v) is 9.04. The Hall–Kier alpha value is -7.21. The lowest BCUT2D eigenvalue weighted by molar-refractivity contribution is 1.06. The summed E-state index contributed by atoms with van der Waals surface area (Å²) in [4.78, 5) is 15.6. The molecule has 3 aromatic heterocycles. The van der Waals surface area contributed by atoms with Crippen LogP contribution in [-0.2, 0) is 0 Å². The van der Waals surface area contributed by atoms with Crippen LogP contribution in [0.4, 0.5) is 0 Å². The van der Waals surface area contributed by atoms with Gasteiger partial charge in [0, 0.05) is 47.6 Å². The number of thiophene rings is 1. The molecule has 0 saturated carbocycles. The summed E-state index contributed by atoms with van der Waals surface area (Å²) in [5, 5.41) is 4.99. The van der Waals surface area contributed by atoms with Crippen molar-refractivity contribution in [3.05, 3.63) is 194 Å². The standard InChI is InChI=1S/C51H32N4S/c1-3-13-33(14-4-1)38-27-29-42(46(32-38)55-44-20-10-7-17-39(44)40-18-8-11-21-45(40)55)51-53-49(35-15-5-2-6-16-35)52-50(54-51)36-25-23-34(24-26-36)37-28-30-48-43(31-37)41-19-9-12-22-47(41)56-48/h1-32H. The first-order valence-electron chi connectivity index (χ1n) is 18.8. The van der Waals surface area contributed by atoms with E-state index in [1.807, 2.05) is 29.5 Å². The van der Waals surface area contributed by atoms with Crippen LogP contribution >= 0.6 is 11.3 Å². The van der Waals surface area contributed by atoms with Crippen molar-refractivity contribution in [3.63, 3.8) is 0 Å². The zero-order chi connectivity index (χ0) is 37.0. The first-order chi connectivity index (χ1) is 27.7. The highest BCUT2D eigenvalue weighted by Gasteiger charge is 2.20. The number of benzene rings is 8. The van der Waals surface area contributed by atoms with Gasteiger partial charge in [0.15, 0.2) is 17.5 Å². The first-order valence-corrected chi connectivity index (χ1v) is 19.6. The minimum atomic E-state index is 0.615. The molecule has 0 atom stereocenters. The summed E-state index contributed by atoms with van der Waals surface area (Å²) in [7, 11) is 0. The van der Waals surface area contributed by atoms with Crippen LogP contribution in [0.1, 0.15) is 0 Å². The molecule has 56 heavy (non-hydrogen) atoms. The van der Waals surface area contributed by atoms with E-state index >= 15 is 0 Å². The van der Waals surface area contributed by atoms with Crippen molar-refractivity contribution in [1.82, 2.24) is 19.5 Å². The number of nitrogens with zero attached hydrogens (tertiary/aromatic N) is 4. The van der Waals surface area contributed by atoms with E-state index in [-0.39, 0.29) is 0 Å². The molecule has 0 aliphatic heterocycles. The normalized spacial score (nSPS) is 11.6. The van der Waals surface area contributed by atoms with Crippen LogP contribution in [0.5, 0.6) is 0 Å². The third kappa shape index (κ3) is 5.48. The lowest BCUT2D eigenvalue weighted by Gasteiger charge is -2.16. The number of rotatable bonds is 6. The SMILES string of the molecule is c1ccc(-c2ccc(-c3nc(-c4ccccc4)nc(-c4ccc(-c5ccc6sc7ccccc7c6c5)cc4)n3)c(-n3c4ccccc4c4ccccc43)c2)cc1. The number of hydrogen-bond donors (Lipinski definition) is 0. The van der Waals surface area contributed by atoms with E-state index in [0.717, 1.165) is 50.1 Å². The zero-order valence-corrected chi connectivity index (χ0v) is 31.0. The summed E-state index contributed by atoms with van der Waals surface area (Å²) in [6.07, 6.45) is 0. The van der Waals surface area contributed by atoms with Gasteiger partial charge in [0.2, 0.25) is 0 Å². The van der Waals surface area contributed by atoms with E-state index in [1.54, 1.807) is 0 Å². The predicted molar refractivity (Wildman–Crippen MR) is 234 cm³/mol. The van der Waals surface area contributed by atoms with Crippen molar-refractivity contribution in [2.24, 2.45) is 0 Å². The van der Waals surface area contributed by atoms with Crippen LogP contribution in [0.2, 0.25) is 0 Å². The van der Waals surface area contributed by atoms with Crippen LogP contribution < -0.4 is 0 Å². The van der Waals surface area contributed by atoms with Gasteiger partial charge in [-0.3, -0.25) is 0 Å². The second kappa shape index (κ2) is 13.3. The second-order valence-electron chi connectivity index (χ2n) is 14.0. The molecule has 0 saturated heterocycles. The predicted octanol–water partition coefficient (Wildman–Crippen LogP) is 13.7. The maximum Gasteiger partial charge on any atom is 0.166 e. The van der Waals surface area contributed by atoms with Gasteiger partial charge in [-0.2, -0.15) is 0 Å². The van der Waals surface area contributed by atoms with Crippen molar-refractivity contribution >= 4 is 53.3 Å². The van der Waals surface area contributed by atoms with Crippen molar-refractivity contribution in [2.45, 2.75) is 0 Å². The Balaban J connectivity index is 1.09. The summed E-state index contributed by atoms with van der Waals surface area (Å²) in [5.41, 5.74) is 10.6. The molecule has 262 valence electrons. The van der Waals surface area contributed by atoms with Crippen LogP contribution in [-0.4, -0.2) is 19.5 Å². The van der Waals surface area contributed by atoms with Gasteiger partial charge in [-0.1, -0.05) is 152 Å². The van der Waals surface area contributed by atoms with E-state index in [1.165, 1.54) is 36.5 Å². The van der Waals surface area contributed by atoms with Crippen LogP contribution in [0.25, 0.3) is 104 Å². The molecule has 4 nitrogen and oxygen atoms in total. The molecule has 0 spiro atoms. The minimum Gasteiger partial charge on any atom is -0.308 e. The van der Waals surface area contributed by atoms with Crippen LogP contribution in [0, 0.1) is 0 Å². The summed E-state index contributed by atoms with van der Waals surface area (Å²) < 4.78 is 4.97. The number of hydrogen-bond acceptors (Lipinski definition) is 4. The summed E-state index contributed by atoms with van der Waals surface area (Å²) in [6.45, 7) is 0. The van der Waals surface area contributed by atoms with Gasteiger partial charge in [-0.25, -0.2) is 15.0 Å². The molecule has 0 radical (unpaired) electrons. The fourth-order valence-electron chi connectivity index (χ4n) is 7.96. The molecule has 3 heterocycles. The van der Waals surface area contributed by atoms with Crippen LogP contribution in [0.15, 0.2) is 194 Å². The molecule has 0 unspecified atom stereocenters. The summed E-state index contributed by atoms with van der Waals surface area (Å²) in [5.74, 6) is 1.87. The average molecular weight is 733 g/mol. The molecule has 8 aromatic carbocycles. The Kier molecular flexibility index (Phi) is 7.64. The third-order valence-electron chi connectivity index (χ3n) is 10.7. The topological polar surface area (TPSA) is 43.6 Å². The molecule has 0 amide bonds. The van der Waals surface area contributed by atoms with E-state index in [0.29, 0.717) is 17.5 Å². The quantitative estimate of drug-likeness (QED) is 0.171. The van der Waals surface area contributed by atoms with Crippen molar-refractivity contribution in [1.29, 1.82) is 0 Å². The van der Waals surface area contributed by atoms with Crippen molar-refractivity contribution in [2.75, 3.05) is 0 Å². The largest absolute Gasteiger partial charge is 0.308 e. The highest BCUT2D eigenvalue weighted by molar-refractivity contribution is 7.25. The Morgan fingerprint density at radius 3 is 1.48 bits per heavy atom. The van der Waals surface area contributed by atoms with Gasteiger partial charge in [-0.05, 0) is 64.7 Å². The second-order valence-corrected chi connectivity index (χ2v) is 15.1. The van der Waals surface area contributed by atoms with E-state index in [4.69, 9.17) is 15.0 Å². The van der Waals surface area contributed by atoms with Gasteiger partial charge in [-0.15, -0.1) is 11.3 Å². The molecule has 0 fully saturated rings. The number of para-hydroxylation sites is 2. The van der Waals surface area contributed by atoms with Gasteiger partial charge in [0.1, 0.15) is 0 Å². The molecule has 5 heteroatoms. The Morgan fingerprint density at radius 1 is 0.321 bits per heavy atom. The maximum absolute atomic E-state index is 5.27. The molecule has 11 rings (SSSR count). The molecule has 0 N–H and O–H groups in total. The Bertz CT molecular complexity index is 3180.